The molecule has 2 aromatic rings. The summed E-state index contributed by atoms with van der Waals surface area (Å²) in [5.74, 6) is 0. The van der Waals surface area contributed by atoms with Gasteiger partial charge in [0.15, 0.2) is 0 Å². The highest BCUT2D eigenvalue weighted by atomic mass is 35.5. The first-order valence-electron chi connectivity index (χ1n) is 5.20. The molecule has 3 nitrogen and oxygen atoms in total. The molecule has 7 heteroatoms. The van der Waals surface area contributed by atoms with Gasteiger partial charge in [-0.2, -0.15) is 18.3 Å². The molecule has 19 heavy (non-hydrogen) atoms. The van der Waals surface area contributed by atoms with Crippen molar-refractivity contribution in [2.45, 2.75) is 6.18 Å². The molecule has 0 fully saturated rings. The molecule has 2 rings (SSSR count). The van der Waals surface area contributed by atoms with Crippen LogP contribution in [0, 0.1) is 0 Å². The van der Waals surface area contributed by atoms with E-state index in [2.05, 4.69) is 5.10 Å². The van der Waals surface area contributed by atoms with Gasteiger partial charge in [0.05, 0.1) is 11.3 Å². The second-order valence-electron chi connectivity index (χ2n) is 3.91. The zero-order chi connectivity index (χ0) is 14.2. The van der Waals surface area contributed by atoms with Crippen LogP contribution >= 0.6 is 11.6 Å². The molecule has 0 atom stereocenters. The normalized spacial score (nSPS) is 11.6. The van der Waals surface area contributed by atoms with Gasteiger partial charge in [-0.1, -0.05) is 0 Å². The number of halogens is 4. The Morgan fingerprint density at radius 2 is 2.00 bits per heavy atom. The van der Waals surface area contributed by atoms with Crippen LogP contribution in [0.4, 0.5) is 13.2 Å². The molecule has 0 saturated carbocycles. The van der Waals surface area contributed by atoms with E-state index in [1.165, 1.54) is 16.9 Å². The second kappa shape index (κ2) is 4.70. The number of carbonyl (C=O) groups is 1. The number of carbonyl (C=O) groups excluding carboxylic acids is 1. The van der Waals surface area contributed by atoms with Crippen molar-refractivity contribution >= 4 is 16.8 Å². The summed E-state index contributed by atoms with van der Waals surface area (Å²) in [4.78, 5) is 11.1. The van der Waals surface area contributed by atoms with Gasteiger partial charge in [-0.3, -0.25) is 9.48 Å². The van der Waals surface area contributed by atoms with E-state index in [0.717, 1.165) is 18.2 Å². The topological polar surface area (TPSA) is 34.9 Å². The van der Waals surface area contributed by atoms with Gasteiger partial charge in [-0.05, 0) is 35.9 Å². The smallest absolute Gasteiger partial charge is 0.276 e. The van der Waals surface area contributed by atoms with Gasteiger partial charge >= 0.3 is 6.18 Å². The third-order valence-corrected chi connectivity index (χ3v) is 2.76. The first-order chi connectivity index (χ1) is 8.79. The fraction of sp³-hybridized carbons (Fsp3) is 0.167. The standard InChI is InChI=1S/C12H8ClF3N2O/c1-18-5-4-10(17-18)8-6-7(11(13)19)2-3-9(8)12(14,15)16/h2-6H,1H3. The van der Waals surface area contributed by atoms with Crippen LogP contribution in [0.25, 0.3) is 11.3 Å². The fourth-order valence-electron chi connectivity index (χ4n) is 1.68. The summed E-state index contributed by atoms with van der Waals surface area (Å²) in [5, 5.41) is 3.10. The van der Waals surface area contributed by atoms with Crippen LogP contribution in [0.3, 0.4) is 0 Å². The van der Waals surface area contributed by atoms with Crippen LogP contribution < -0.4 is 0 Å². The lowest BCUT2D eigenvalue weighted by molar-refractivity contribution is -0.137. The molecule has 0 N–H and O–H groups in total. The van der Waals surface area contributed by atoms with Crippen molar-refractivity contribution in [3.05, 3.63) is 41.6 Å². The summed E-state index contributed by atoms with van der Waals surface area (Å²) in [5.41, 5.74) is -0.891. The molecule has 0 unspecified atom stereocenters. The molecule has 0 aliphatic heterocycles. The predicted octanol–water partition coefficient (Wildman–Crippen LogP) is 3.48. The number of hydrogen-bond donors (Lipinski definition) is 0. The quantitative estimate of drug-likeness (QED) is 0.793. The maximum absolute atomic E-state index is 12.9. The SMILES string of the molecule is Cn1ccc(-c2cc(C(=O)Cl)ccc2C(F)(F)F)n1. The predicted molar refractivity (Wildman–Crippen MR) is 63.8 cm³/mol. The molecule has 0 aliphatic rings. The van der Waals surface area contributed by atoms with Crippen molar-refractivity contribution in [3.8, 4) is 11.3 Å². The molecule has 1 aromatic heterocycles. The summed E-state index contributed by atoms with van der Waals surface area (Å²) in [6.07, 6.45) is -3.01. The van der Waals surface area contributed by atoms with Gasteiger partial charge in [0.2, 0.25) is 0 Å². The van der Waals surface area contributed by atoms with E-state index in [4.69, 9.17) is 11.6 Å². The molecule has 0 amide bonds. The highest BCUT2D eigenvalue weighted by molar-refractivity contribution is 6.67. The Morgan fingerprint density at radius 3 is 2.47 bits per heavy atom. The number of alkyl halides is 3. The highest BCUT2D eigenvalue weighted by Crippen LogP contribution is 2.37. The van der Waals surface area contributed by atoms with Crippen LogP contribution in [-0.4, -0.2) is 15.0 Å². The Balaban J connectivity index is 2.66. The van der Waals surface area contributed by atoms with Crippen molar-refractivity contribution in [2.24, 2.45) is 7.05 Å². The Hall–Kier alpha value is -1.82. The van der Waals surface area contributed by atoms with Crippen molar-refractivity contribution in [3.63, 3.8) is 0 Å². The summed E-state index contributed by atoms with van der Waals surface area (Å²) in [6, 6.07) is 4.41. The minimum atomic E-state index is -4.53. The molecular formula is C12H8ClF3N2O. The molecule has 0 aliphatic carbocycles. The van der Waals surface area contributed by atoms with Gasteiger partial charge in [0.25, 0.3) is 5.24 Å². The average molecular weight is 289 g/mol. The van der Waals surface area contributed by atoms with E-state index in [-0.39, 0.29) is 16.8 Å². The molecular weight excluding hydrogens is 281 g/mol. The number of hydrogen-bond acceptors (Lipinski definition) is 2. The molecule has 0 saturated heterocycles. The third kappa shape index (κ3) is 2.78. The highest BCUT2D eigenvalue weighted by Gasteiger charge is 2.34. The van der Waals surface area contributed by atoms with Crippen molar-refractivity contribution in [1.29, 1.82) is 0 Å². The lowest BCUT2D eigenvalue weighted by Crippen LogP contribution is -2.08. The number of aryl methyl sites for hydroxylation is 1. The van der Waals surface area contributed by atoms with Crippen LogP contribution in [-0.2, 0) is 13.2 Å². The lowest BCUT2D eigenvalue weighted by Gasteiger charge is -2.12. The first-order valence-corrected chi connectivity index (χ1v) is 5.58. The van der Waals surface area contributed by atoms with Crippen LogP contribution in [0.1, 0.15) is 15.9 Å². The Morgan fingerprint density at radius 1 is 1.32 bits per heavy atom. The Kier molecular flexibility index (Phi) is 3.36. The van der Waals surface area contributed by atoms with Crippen LogP contribution in [0.2, 0.25) is 0 Å². The van der Waals surface area contributed by atoms with E-state index in [1.54, 1.807) is 7.05 Å². The van der Waals surface area contributed by atoms with Crippen LogP contribution in [0.5, 0.6) is 0 Å². The van der Waals surface area contributed by atoms with Crippen molar-refractivity contribution in [2.75, 3.05) is 0 Å². The Bertz CT molecular complexity index is 634. The van der Waals surface area contributed by atoms with E-state index in [1.807, 2.05) is 0 Å². The number of nitrogens with zero attached hydrogens (tertiary/aromatic N) is 2. The second-order valence-corrected chi connectivity index (χ2v) is 4.25. The fourth-order valence-corrected chi connectivity index (χ4v) is 1.80. The van der Waals surface area contributed by atoms with Crippen molar-refractivity contribution < 1.29 is 18.0 Å². The van der Waals surface area contributed by atoms with Gasteiger partial charge < -0.3 is 0 Å². The van der Waals surface area contributed by atoms with Crippen LogP contribution in [0.15, 0.2) is 30.5 Å². The van der Waals surface area contributed by atoms with E-state index < -0.39 is 17.0 Å². The zero-order valence-corrected chi connectivity index (χ0v) is 10.5. The lowest BCUT2D eigenvalue weighted by atomic mass is 10.0. The van der Waals surface area contributed by atoms with Gasteiger partial charge in [0.1, 0.15) is 0 Å². The third-order valence-electron chi connectivity index (χ3n) is 2.54. The molecule has 0 radical (unpaired) electrons. The van der Waals surface area contributed by atoms with E-state index in [9.17, 15) is 18.0 Å². The molecule has 0 bridgehead atoms. The summed E-state index contributed by atoms with van der Waals surface area (Å²) < 4.78 is 40.1. The maximum Gasteiger partial charge on any atom is 0.417 e. The minimum Gasteiger partial charge on any atom is -0.276 e. The summed E-state index contributed by atoms with van der Waals surface area (Å²) >= 11 is 5.29. The molecule has 100 valence electrons. The maximum atomic E-state index is 12.9. The minimum absolute atomic E-state index is 0.00433. The van der Waals surface area contributed by atoms with E-state index in [0.29, 0.717) is 0 Å². The largest absolute Gasteiger partial charge is 0.417 e. The summed E-state index contributed by atoms with van der Waals surface area (Å²) in [7, 11) is 1.59. The number of aromatic nitrogens is 2. The van der Waals surface area contributed by atoms with Gasteiger partial charge in [-0.25, -0.2) is 0 Å². The monoisotopic (exact) mass is 288 g/mol. The van der Waals surface area contributed by atoms with Gasteiger partial charge in [0, 0.05) is 24.4 Å². The first kappa shape index (κ1) is 13.6. The average Bonchev–Trinajstić information content (AvgIpc) is 2.73. The number of benzene rings is 1. The van der Waals surface area contributed by atoms with Crippen molar-refractivity contribution in [1.82, 2.24) is 9.78 Å². The molecule has 1 heterocycles. The zero-order valence-electron chi connectivity index (χ0n) is 9.70. The van der Waals surface area contributed by atoms with E-state index >= 15 is 0 Å². The molecule has 0 spiro atoms. The number of rotatable bonds is 2. The Labute approximate surface area is 111 Å². The molecule has 1 aromatic carbocycles. The van der Waals surface area contributed by atoms with Gasteiger partial charge in [-0.15, -0.1) is 0 Å². The summed E-state index contributed by atoms with van der Waals surface area (Å²) in [6.45, 7) is 0.